The fraction of sp³-hybridized carbons (Fsp3) is 0.176. The van der Waals surface area contributed by atoms with Crippen LogP contribution in [0.25, 0.3) is 11.4 Å². The van der Waals surface area contributed by atoms with Crippen molar-refractivity contribution in [2.24, 2.45) is 0 Å². The molecular weight excluding hydrogens is 358 g/mol. The van der Waals surface area contributed by atoms with Gasteiger partial charge >= 0.3 is 0 Å². The summed E-state index contributed by atoms with van der Waals surface area (Å²) in [7, 11) is 0. The summed E-state index contributed by atoms with van der Waals surface area (Å²) >= 11 is 7.16. The predicted molar refractivity (Wildman–Crippen MR) is 98.3 cm³/mol. The maximum Gasteiger partial charge on any atom is 0.230 e. The van der Waals surface area contributed by atoms with Crippen LogP contribution in [0.1, 0.15) is 18.5 Å². The van der Waals surface area contributed by atoms with Crippen LogP contribution >= 0.6 is 23.4 Å². The van der Waals surface area contributed by atoms with Crippen molar-refractivity contribution in [1.82, 2.24) is 25.5 Å². The molecule has 6 nitrogen and oxygen atoms in total. The van der Waals surface area contributed by atoms with Crippen molar-refractivity contribution in [3.63, 3.8) is 0 Å². The molecule has 0 aliphatic rings. The number of carbonyl (C=O) groups is 1. The van der Waals surface area contributed by atoms with Crippen LogP contribution in [0.4, 0.5) is 0 Å². The SMILES string of the molecule is C[C@H](NC(=O)CSc1n[nH]c(-c2ccncc2)n1)c1ccc(Cl)cc1. The Labute approximate surface area is 154 Å². The van der Waals surface area contributed by atoms with E-state index in [1.807, 2.05) is 43.3 Å². The van der Waals surface area contributed by atoms with Gasteiger partial charge in [-0.3, -0.25) is 14.9 Å². The second-order valence-corrected chi connectivity index (χ2v) is 6.71. The van der Waals surface area contributed by atoms with E-state index in [0.717, 1.165) is 11.1 Å². The number of hydrogen-bond donors (Lipinski definition) is 2. The molecule has 128 valence electrons. The summed E-state index contributed by atoms with van der Waals surface area (Å²) < 4.78 is 0. The zero-order valence-electron chi connectivity index (χ0n) is 13.4. The maximum absolute atomic E-state index is 12.1. The molecule has 0 aliphatic heterocycles. The lowest BCUT2D eigenvalue weighted by Crippen LogP contribution is -2.28. The van der Waals surface area contributed by atoms with E-state index in [2.05, 4.69) is 25.5 Å². The Morgan fingerprint density at radius 2 is 1.96 bits per heavy atom. The largest absolute Gasteiger partial charge is 0.349 e. The van der Waals surface area contributed by atoms with Crippen molar-refractivity contribution in [2.45, 2.75) is 18.1 Å². The van der Waals surface area contributed by atoms with Crippen LogP contribution in [0.5, 0.6) is 0 Å². The van der Waals surface area contributed by atoms with Gasteiger partial charge in [-0.15, -0.1) is 5.10 Å². The molecule has 1 amide bonds. The van der Waals surface area contributed by atoms with Crippen LogP contribution in [-0.4, -0.2) is 31.8 Å². The first-order valence-corrected chi connectivity index (χ1v) is 8.98. The molecule has 25 heavy (non-hydrogen) atoms. The third-order valence-electron chi connectivity index (χ3n) is 3.50. The number of amides is 1. The van der Waals surface area contributed by atoms with Gasteiger partial charge in [-0.1, -0.05) is 35.5 Å². The van der Waals surface area contributed by atoms with Crippen LogP contribution in [-0.2, 0) is 4.79 Å². The van der Waals surface area contributed by atoms with Gasteiger partial charge < -0.3 is 5.32 Å². The highest BCUT2D eigenvalue weighted by Crippen LogP contribution is 2.19. The second kappa shape index (κ2) is 8.13. The van der Waals surface area contributed by atoms with Crippen LogP contribution in [0.2, 0.25) is 5.02 Å². The Morgan fingerprint density at radius 3 is 2.68 bits per heavy atom. The topological polar surface area (TPSA) is 83.6 Å². The minimum Gasteiger partial charge on any atom is -0.349 e. The molecule has 1 atom stereocenters. The van der Waals surface area contributed by atoms with Gasteiger partial charge in [-0.05, 0) is 36.8 Å². The van der Waals surface area contributed by atoms with Gasteiger partial charge in [0.25, 0.3) is 0 Å². The summed E-state index contributed by atoms with van der Waals surface area (Å²) in [6.07, 6.45) is 3.38. The molecular formula is C17H16ClN5OS. The average molecular weight is 374 g/mol. The average Bonchev–Trinajstić information content (AvgIpc) is 3.10. The number of pyridine rings is 1. The Balaban J connectivity index is 1.52. The van der Waals surface area contributed by atoms with Crippen LogP contribution in [0, 0.1) is 0 Å². The molecule has 3 rings (SSSR count). The maximum atomic E-state index is 12.1. The summed E-state index contributed by atoms with van der Waals surface area (Å²) in [5.74, 6) is 0.813. The Hall–Kier alpha value is -2.38. The minimum atomic E-state index is -0.0927. The molecule has 0 fully saturated rings. The van der Waals surface area contributed by atoms with Gasteiger partial charge in [0.15, 0.2) is 5.82 Å². The summed E-state index contributed by atoms with van der Waals surface area (Å²) in [6.45, 7) is 1.93. The fourth-order valence-corrected chi connectivity index (χ4v) is 2.93. The Morgan fingerprint density at radius 1 is 1.24 bits per heavy atom. The van der Waals surface area contributed by atoms with Crippen molar-refractivity contribution in [1.29, 1.82) is 0 Å². The molecule has 2 aromatic heterocycles. The highest BCUT2D eigenvalue weighted by Gasteiger charge is 2.12. The van der Waals surface area contributed by atoms with E-state index >= 15 is 0 Å². The number of carbonyl (C=O) groups excluding carboxylic acids is 1. The number of nitrogens with one attached hydrogen (secondary N) is 2. The van der Waals surface area contributed by atoms with Gasteiger partial charge in [0.05, 0.1) is 11.8 Å². The molecule has 2 N–H and O–H groups in total. The van der Waals surface area contributed by atoms with E-state index in [9.17, 15) is 4.79 Å². The zero-order chi connectivity index (χ0) is 17.6. The zero-order valence-corrected chi connectivity index (χ0v) is 15.0. The van der Waals surface area contributed by atoms with Crippen molar-refractivity contribution < 1.29 is 4.79 Å². The number of thioether (sulfide) groups is 1. The highest BCUT2D eigenvalue weighted by molar-refractivity contribution is 7.99. The first kappa shape index (κ1) is 17.4. The molecule has 8 heteroatoms. The lowest BCUT2D eigenvalue weighted by atomic mass is 10.1. The van der Waals surface area contributed by atoms with E-state index in [1.54, 1.807) is 12.4 Å². The molecule has 0 unspecified atom stereocenters. The second-order valence-electron chi connectivity index (χ2n) is 5.33. The smallest absolute Gasteiger partial charge is 0.230 e. The summed E-state index contributed by atoms with van der Waals surface area (Å²) in [6, 6.07) is 11.0. The molecule has 0 saturated carbocycles. The molecule has 0 saturated heterocycles. The van der Waals surface area contributed by atoms with E-state index < -0.39 is 0 Å². The van der Waals surface area contributed by atoms with E-state index in [4.69, 9.17) is 11.6 Å². The van der Waals surface area contributed by atoms with Gasteiger partial charge in [0.2, 0.25) is 11.1 Å². The summed E-state index contributed by atoms with van der Waals surface area (Å²) in [5.41, 5.74) is 1.90. The van der Waals surface area contributed by atoms with Gasteiger partial charge in [-0.2, -0.15) is 0 Å². The van der Waals surface area contributed by atoms with Crippen molar-refractivity contribution >= 4 is 29.3 Å². The van der Waals surface area contributed by atoms with Gasteiger partial charge in [0.1, 0.15) is 0 Å². The van der Waals surface area contributed by atoms with Gasteiger partial charge in [-0.25, -0.2) is 4.98 Å². The first-order valence-electron chi connectivity index (χ1n) is 7.62. The number of benzene rings is 1. The monoisotopic (exact) mass is 373 g/mol. The molecule has 3 aromatic rings. The summed E-state index contributed by atoms with van der Waals surface area (Å²) in [5, 5.41) is 11.1. The normalized spacial score (nSPS) is 11.9. The third-order valence-corrected chi connectivity index (χ3v) is 4.60. The quantitative estimate of drug-likeness (QED) is 0.646. The molecule has 0 aliphatic carbocycles. The first-order chi connectivity index (χ1) is 12.1. The Bertz CT molecular complexity index is 838. The fourth-order valence-electron chi connectivity index (χ4n) is 2.20. The van der Waals surface area contributed by atoms with Crippen LogP contribution in [0.3, 0.4) is 0 Å². The Kier molecular flexibility index (Phi) is 5.67. The van der Waals surface area contributed by atoms with Crippen molar-refractivity contribution in [3.05, 3.63) is 59.4 Å². The number of rotatable bonds is 6. The van der Waals surface area contributed by atoms with E-state index in [-0.39, 0.29) is 17.7 Å². The molecule has 0 bridgehead atoms. The number of aromatic amines is 1. The lowest BCUT2D eigenvalue weighted by Gasteiger charge is -2.13. The standard InChI is InChI=1S/C17H16ClN5OS/c1-11(12-2-4-14(18)5-3-12)20-15(24)10-25-17-21-16(22-23-17)13-6-8-19-9-7-13/h2-9,11H,10H2,1H3,(H,20,24)(H,21,22,23)/t11-/m0/s1. The van der Waals surface area contributed by atoms with Crippen molar-refractivity contribution in [2.75, 3.05) is 5.75 Å². The number of H-pyrrole nitrogens is 1. The molecule has 0 spiro atoms. The van der Waals surface area contributed by atoms with E-state index in [1.165, 1.54) is 11.8 Å². The number of aromatic nitrogens is 4. The minimum absolute atomic E-state index is 0.0808. The van der Waals surface area contributed by atoms with E-state index in [0.29, 0.717) is 16.0 Å². The number of hydrogen-bond acceptors (Lipinski definition) is 5. The predicted octanol–water partition coefficient (Wildman–Crippen LogP) is 3.49. The highest BCUT2D eigenvalue weighted by atomic mass is 35.5. The number of halogens is 1. The lowest BCUT2D eigenvalue weighted by molar-refractivity contribution is -0.119. The molecule has 2 heterocycles. The van der Waals surface area contributed by atoms with Crippen molar-refractivity contribution in [3.8, 4) is 11.4 Å². The molecule has 1 aromatic carbocycles. The molecule has 0 radical (unpaired) electrons. The van der Waals surface area contributed by atoms with Gasteiger partial charge in [0, 0.05) is 23.0 Å². The van der Waals surface area contributed by atoms with Crippen LogP contribution < -0.4 is 5.32 Å². The number of nitrogens with zero attached hydrogens (tertiary/aromatic N) is 3. The van der Waals surface area contributed by atoms with Crippen LogP contribution in [0.15, 0.2) is 53.9 Å². The summed E-state index contributed by atoms with van der Waals surface area (Å²) in [4.78, 5) is 20.5. The third kappa shape index (κ3) is 4.80.